The molecule has 36 heavy (non-hydrogen) atoms. The number of unbranched alkanes of at least 4 members (excludes halogenated alkanes) is 8. The van der Waals surface area contributed by atoms with E-state index in [4.69, 9.17) is 18.9 Å². The number of hydrogen-bond acceptors (Lipinski definition) is 6. The fourth-order valence-electron chi connectivity index (χ4n) is 4.11. The first-order valence-electron chi connectivity index (χ1n) is 13.8. The van der Waals surface area contributed by atoms with Gasteiger partial charge in [0.05, 0.1) is 13.2 Å². The zero-order valence-electron chi connectivity index (χ0n) is 22.7. The minimum absolute atomic E-state index is 0.340. The average Bonchev–Trinajstić information content (AvgIpc) is 2.89. The standard InChI is InChI=1S/C30H44O6/c1-5-9-11-13-15-19-33-29(31)35-27-22-24(8-4)28(25-18-17-23(7-3)21-26(25)27)36-30(32)34-20-16-14-12-10-6-2/h17-18,21-22H,5-16,19-20H2,1-4H3. The van der Waals surface area contributed by atoms with Crippen molar-refractivity contribution in [3.63, 3.8) is 0 Å². The SMILES string of the molecule is CCCCCCCOC(=O)Oc1cc(CC)c(OC(=O)OCCCCCCC)c2ccc(CC)cc12. The average molecular weight is 501 g/mol. The van der Waals surface area contributed by atoms with Gasteiger partial charge in [-0.15, -0.1) is 0 Å². The third kappa shape index (κ3) is 9.71. The van der Waals surface area contributed by atoms with Crippen LogP contribution in [0.4, 0.5) is 9.59 Å². The van der Waals surface area contributed by atoms with Crippen molar-refractivity contribution in [2.45, 2.75) is 105 Å². The number of hydrogen-bond donors (Lipinski definition) is 0. The Balaban J connectivity index is 2.14. The van der Waals surface area contributed by atoms with E-state index in [1.807, 2.05) is 25.1 Å². The van der Waals surface area contributed by atoms with Crippen molar-refractivity contribution in [2.24, 2.45) is 0 Å². The van der Waals surface area contributed by atoms with E-state index >= 15 is 0 Å². The number of fused-ring (bicyclic) bond motifs is 1. The molecule has 2 rings (SSSR count). The van der Waals surface area contributed by atoms with Crippen molar-refractivity contribution in [1.82, 2.24) is 0 Å². The first-order chi connectivity index (χ1) is 17.5. The minimum Gasteiger partial charge on any atom is -0.434 e. The number of carbonyl (C=O) groups is 2. The third-order valence-electron chi connectivity index (χ3n) is 6.29. The summed E-state index contributed by atoms with van der Waals surface area (Å²) in [4.78, 5) is 24.9. The summed E-state index contributed by atoms with van der Waals surface area (Å²) in [6, 6.07) is 7.63. The summed E-state index contributed by atoms with van der Waals surface area (Å²) in [7, 11) is 0. The monoisotopic (exact) mass is 500 g/mol. The quantitative estimate of drug-likeness (QED) is 0.130. The van der Waals surface area contributed by atoms with Gasteiger partial charge < -0.3 is 18.9 Å². The van der Waals surface area contributed by atoms with Crippen LogP contribution in [0.3, 0.4) is 0 Å². The zero-order valence-corrected chi connectivity index (χ0v) is 22.7. The van der Waals surface area contributed by atoms with Crippen LogP contribution < -0.4 is 9.47 Å². The molecule has 0 bridgehead atoms. The molecule has 0 radical (unpaired) electrons. The molecule has 6 heteroatoms. The maximum Gasteiger partial charge on any atom is 0.513 e. The Morgan fingerprint density at radius 3 is 1.78 bits per heavy atom. The summed E-state index contributed by atoms with van der Waals surface area (Å²) in [6.07, 6.45) is 10.7. The highest BCUT2D eigenvalue weighted by Gasteiger charge is 2.19. The molecule has 0 aliphatic carbocycles. The van der Waals surface area contributed by atoms with Crippen LogP contribution in [-0.2, 0) is 22.3 Å². The number of ether oxygens (including phenoxy) is 4. The van der Waals surface area contributed by atoms with Crippen LogP contribution in [0.25, 0.3) is 10.8 Å². The van der Waals surface area contributed by atoms with E-state index in [9.17, 15) is 9.59 Å². The molecule has 0 aliphatic heterocycles. The van der Waals surface area contributed by atoms with Gasteiger partial charge in [0.1, 0.15) is 11.5 Å². The van der Waals surface area contributed by atoms with Gasteiger partial charge in [-0.05, 0) is 48.9 Å². The predicted octanol–water partition coefficient (Wildman–Crippen LogP) is 8.94. The molecule has 0 atom stereocenters. The second-order valence-electron chi connectivity index (χ2n) is 9.18. The number of benzene rings is 2. The molecule has 0 unspecified atom stereocenters. The lowest BCUT2D eigenvalue weighted by Gasteiger charge is -2.16. The molecule has 0 spiro atoms. The van der Waals surface area contributed by atoms with Gasteiger partial charge in [-0.25, -0.2) is 9.59 Å². The summed E-state index contributed by atoms with van der Waals surface area (Å²) < 4.78 is 22.0. The molecule has 200 valence electrons. The summed E-state index contributed by atoms with van der Waals surface area (Å²) in [5, 5.41) is 1.41. The zero-order chi connectivity index (χ0) is 26.2. The topological polar surface area (TPSA) is 71.1 Å². The van der Waals surface area contributed by atoms with Crippen molar-refractivity contribution >= 4 is 23.1 Å². The highest BCUT2D eigenvalue weighted by atomic mass is 16.7. The highest BCUT2D eigenvalue weighted by Crippen LogP contribution is 2.38. The number of carbonyl (C=O) groups excluding carboxylic acids is 2. The van der Waals surface area contributed by atoms with Crippen LogP contribution >= 0.6 is 0 Å². The third-order valence-corrected chi connectivity index (χ3v) is 6.29. The lowest BCUT2D eigenvalue weighted by atomic mass is 9.99. The molecule has 0 amide bonds. The van der Waals surface area contributed by atoms with Crippen molar-refractivity contribution in [3.8, 4) is 11.5 Å². The Labute approximate surface area is 216 Å². The van der Waals surface area contributed by atoms with E-state index in [-0.39, 0.29) is 0 Å². The van der Waals surface area contributed by atoms with Gasteiger partial charge in [0, 0.05) is 10.8 Å². The van der Waals surface area contributed by atoms with Crippen LogP contribution in [0.2, 0.25) is 0 Å². The minimum atomic E-state index is -0.716. The first kappa shape index (κ1) is 29.5. The Kier molecular flexibility index (Phi) is 13.8. The highest BCUT2D eigenvalue weighted by molar-refractivity contribution is 5.97. The second kappa shape index (κ2) is 16.8. The Bertz CT molecular complexity index is 952. The van der Waals surface area contributed by atoms with Crippen molar-refractivity contribution in [1.29, 1.82) is 0 Å². The van der Waals surface area contributed by atoms with Crippen molar-refractivity contribution in [3.05, 3.63) is 35.4 Å². The Hall–Kier alpha value is -2.76. The van der Waals surface area contributed by atoms with Gasteiger partial charge in [-0.3, -0.25) is 0 Å². The van der Waals surface area contributed by atoms with E-state index in [0.717, 1.165) is 56.1 Å². The van der Waals surface area contributed by atoms with Gasteiger partial charge in [0.2, 0.25) is 0 Å². The predicted molar refractivity (Wildman–Crippen MR) is 144 cm³/mol. The van der Waals surface area contributed by atoms with Gasteiger partial charge in [-0.1, -0.05) is 91.2 Å². The number of aryl methyl sites for hydroxylation is 2. The van der Waals surface area contributed by atoms with E-state index in [1.165, 1.54) is 25.7 Å². The van der Waals surface area contributed by atoms with E-state index < -0.39 is 12.3 Å². The molecule has 2 aromatic carbocycles. The first-order valence-corrected chi connectivity index (χ1v) is 13.8. The van der Waals surface area contributed by atoms with Crippen LogP contribution in [0, 0.1) is 0 Å². The van der Waals surface area contributed by atoms with E-state index in [1.54, 1.807) is 6.07 Å². The summed E-state index contributed by atoms with van der Waals surface area (Å²) in [5.74, 6) is 0.854. The van der Waals surface area contributed by atoms with E-state index in [0.29, 0.717) is 41.9 Å². The summed E-state index contributed by atoms with van der Waals surface area (Å²) >= 11 is 0. The van der Waals surface area contributed by atoms with Crippen molar-refractivity contribution < 1.29 is 28.5 Å². The molecule has 0 saturated heterocycles. The molecule has 0 heterocycles. The maximum absolute atomic E-state index is 12.5. The molecule has 0 N–H and O–H groups in total. The van der Waals surface area contributed by atoms with Crippen LogP contribution in [0.5, 0.6) is 11.5 Å². The fourth-order valence-corrected chi connectivity index (χ4v) is 4.11. The van der Waals surface area contributed by atoms with Crippen LogP contribution in [0.15, 0.2) is 24.3 Å². The molecule has 0 aliphatic rings. The molecule has 0 saturated carbocycles. The van der Waals surface area contributed by atoms with Crippen LogP contribution in [0.1, 0.15) is 103 Å². The summed E-state index contributed by atoms with van der Waals surface area (Å²) in [5.41, 5.74) is 1.84. The lowest BCUT2D eigenvalue weighted by molar-refractivity contribution is 0.0955. The molecular weight excluding hydrogens is 456 g/mol. The van der Waals surface area contributed by atoms with Gasteiger partial charge in [0.25, 0.3) is 0 Å². The van der Waals surface area contributed by atoms with Gasteiger partial charge >= 0.3 is 12.3 Å². The van der Waals surface area contributed by atoms with Crippen molar-refractivity contribution in [2.75, 3.05) is 13.2 Å². The largest absolute Gasteiger partial charge is 0.513 e. The summed E-state index contributed by atoms with van der Waals surface area (Å²) in [6.45, 7) is 9.04. The molecule has 2 aromatic rings. The smallest absolute Gasteiger partial charge is 0.434 e. The Morgan fingerprint density at radius 1 is 0.639 bits per heavy atom. The second-order valence-corrected chi connectivity index (χ2v) is 9.18. The molecule has 6 nitrogen and oxygen atoms in total. The fraction of sp³-hybridized carbons (Fsp3) is 0.600. The Morgan fingerprint density at radius 2 is 1.22 bits per heavy atom. The molecular formula is C30H44O6. The number of rotatable bonds is 16. The molecule has 0 aromatic heterocycles. The maximum atomic E-state index is 12.5. The normalized spacial score (nSPS) is 10.9. The lowest BCUT2D eigenvalue weighted by Crippen LogP contribution is -2.14. The van der Waals surface area contributed by atoms with Crippen LogP contribution in [-0.4, -0.2) is 25.5 Å². The van der Waals surface area contributed by atoms with Gasteiger partial charge in [-0.2, -0.15) is 0 Å². The van der Waals surface area contributed by atoms with Gasteiger partial charge in [0.15, 0.2) is 0 Å². The van der Waals surface area contributed by atoms with E-state index in [2.05, 4.69) is 20.8 Å². The molecule has 0 fully saturated rings.